The van der Waals surface area contributed by atoms with Crippen molar-refractivity contribution >= 4 is 34.9 Å². The summed E-state index contributed by atoms with van der Waals surface area (Å²) in [5.41, 5.74) is 1.07. The Hall–Kier alpha value is -1.82. The summed E-state index contributed by atoms with van der Waals surface area (Å²) in [7, 11) is 0. The Morgan fingerprint density at radius 2 is 2.19 bits per heavy atom. The highest BCUT2D eigenvalue weighted by molar-refractivity contribution is 7.80. The van der Waals surface area contributed by atoms with Crippen molar-refractivity contribution in [2.24, 2.45) is 10.9 Å². The third-order valence-corrected chi connectivity index (χ3v) is 3.63. The molecule has 21 heavy (non-hydrogen) atoms. The smallest absolute Gasteiger partial charge is 0.251 e. The minimum atomic E-state index is -0.425. The lowest BCUT2D eigenvalue weighted by atomic mass is 9.91. The number of nitrogens with one attached hydrogen (secondary N) is 1. The van der Waals surface area contributed by atoms with Gasteiger partial charge in [0, 0.05) is 18.7 Å². The van der Waals surface area contributed by atoms with E-state index in [4.69, 9.17) is 12.2 Å². The van der Waals surface area contributed by atoms with Crippen molar-refractivity contribution in [2.45, 2.75) is 26.7 Å². The maximum atomic E-state index is 12.4. The van der Waals surface area contributed by atoms with E-state index in [1.54, 1.807) is 18.2 Å². The Labute approximate surface area is 129 Å². The Kier molecular flexibility index (Phi) is 5.01. The molecule has 1 atom stereocenters. The highest BCUT2D eigenvalue weighted by Crippen LogP contribution is 2.22. The highest BCUT2D eigenvalue weighted by atomic mass is 32.1. The normalized spacial score (nSPS) is 20.9. The molecule has 0 bridgehead atoms. The van der Waals surface area contributed by atoms with Gasteiger partial charge in [-0.2, -0.15) is 0 Å². The summed E-state index contributed by atoms with van der Waals surface area (Å²) in [6, 6.07) is 0. The summed E-state index contributed by atoms with van der Waals surface area (Å²) in [5, 5.41) is 3.09. The molecule has 0 fully saturated rings. The molecule has 1 unspecified atom stereocenters. The topological polar surface area (TPSA) is 61.8 Å². The molecule has 2 rings (SSSR count). The van der Waals surface area contributed by atoms with Crippen LogP contribution in [-0.4, -0.2) is 40.6 Å². The number of nitrogens with zero attached hydrogens (tertiary/aromatic N) is 2. The van der Waals surface area contributed by atoms with Crippen LogP contribution in [0.5, 0.6) is 0 Å². The van der Waals surface area contributed by atoms with Gasteiger partial charge in [-0.1, -0.05) is 26.0 Å². The van der Waals surface area contributed by atoms with Crippen molar-refractivity contribution in [3.63, 3.8) is 0 Å². The first-order valence-corrected chi connectivity index (χ1v) is 7.61. The zero-order valence-electron chi connectivity index (χ0n) is 12.3. The molecule has 0 saturated carbocycles. The minimum Gasteiger partial charge on any atom is -0.352 e. The van der Waals surface area contributed by atoms with E-state index >= 15 is 0 Å². The zero-order valence-corrected chi connectivity index (χ0v) is 13.1. The summed E-state index contributed by atoms with van der Waals surface area (Å²) in [6.07, 6.45) is 6.77. The molecule has 1 aliphatic carbocycles. The molecule has 1 heterocycles. The van der Waals surface area contributed by atoms with Crippen molar-refractivity contribution in [1.82, 2.24) is 10.2 Å². The molecule has 0 aromatic carbocycles. The van der Waals surface area contributed by atoms with E-state index in [1.165, 1.54) is 4.90 Å². The lowest BCUT2D eigenvalue weighted by Crippen LogP contribution is -2.46. The van der Waals surface area contributed by atoms with Gasteiger partial charge in [-0.3, -0.25) is 14.5 Å². The second-order valence-corrected chi connectivity index (χ2v) is 5.37. The zero-order chi connectivity index (χ0) is 15.4. The Morgan fingerprint density at radius 3 is 2.86 bits per heavy atom. The van der Waals surface area contributed by atoms with E-state index in [-0.39, 0.29) is 16.9 Å². The lowest BCUT2D eigenvalue weighted by molar-refractivity contribution is -0.128. The van der Waals surface area contributed by atoms with Crippen LogP contribution in [0.3, 0.4) is 0 Å². The number of hydrogen-bond acceptors (Lipinski definition) is 3. The van der Waals surface area contributed by atoms with Crippen LogP contribution in [0.2, 0.25) is 0 Å². The summed E-state index contributed by atoms with van der Waals surface area (Å²) in [5.74, 6) is -0.637. The predicted octanol–water partition coefficient (Wildman–Crippen LogP) is 1.60. The summed E-state index contributed by atoms with van der Waals surface area (Å²) in [6.45, 7) is 5.18. The van der Waals surface area contributed by atoms with Gasteiger partial charge in [-0.15, -0.1) is 0 Å². The molecule has 2 aliphatic rings. The van der Waals surface area contributed by atoms with Gasteiger partial charge in [-0.25, -0.2) is 4.99 Å². The first-order chi connectivity index (χ1) is 10.1. The summed E-state index contributed by atoms with van der Waals surface area (Å²) < 4.78 is 0. The summed E-state index contributed by atoms with van der Waals surface area (Å²) in [4.78, 5) is 30.2. The number of thiocarbonyl (C=S) groups is 1. The van der Waals surface area contributed by atoms with Crippen molar-refractivity contribution in [3.05, 3.63) is 23.8 Å². The molecule has 0 radical (unpaired) electrons. The van der Waals surface area contributed by atoms with Crippen LogP contribution in [0, 0.1) is 5.92 Å². The van der Waals surface area contributed by atoms with Gasteiger partial charge in [0.05, 0.1) is 11.6 Å². The average Bonchev–Trinajstić information content (AvgIpc) is 2.48. The van der Waals surface area contributed by atoms with Crippen LogP contribution in [-0.2, 0) is 9.59 Å². The van der Waals surface area contributed by atoms with Crippen molar-refractivity contribution in [1.29, 1.82) is 0 Å². The van der Waals surface area contributed by atoms with Crippen LogP contribution in [0.25, 0.3) is 0 Å². The number of carbonyl (C=O) groups excluding carboxylic acids is 2. The van der Waals surface area contributed by atoms with E-state index in [2.05, 4.69) is 10.3 Å². The van der Waals surface area contributed by atoms with Gasteiger partial charge in [0.1, 0.15) is 0 Å². The number of amides is 2. The highest BCUT2D eigenvalue weighted by Gasteiger charge is 2.34. The van der Waals surface area contributed by atoms with Gasteiger partial charge in [0.25, 0.3) is 5.91 Å². The molecule has 0 spiro atoms. The van der Waals surface area contributed by atoms with E-state index in [0.29, 0.717) is 24.4 Å². The third-order valence-electron chi connectivity index (χ3n) is 3.32. The standard InChI is InChI=1S/C15H19N3O2S/c1-3-7-16-13(19)10-5-6-11-12(9-10)17-15(21)18(8-4-2)14(11)20/h5-6,9,11H,3-4,7-8H2,1-2H3,(H,16,19). The number of carbonyl (C=O) groups is 2. The fraction of sp³-hybridized carbons (Fsp3) is 0.467. The van der Waals surface area contributed by atoms with Crippen LogP contribution in [0.15, 0.2) is 28.8 Å². The number of aliphatic imine (C=N–C) groups is 1. The fourth-order valence-electron chi connectivity index (χ4n) is 2.25. The van der Waals surface area contributed by atoms with E-state index in [9.17, 15) is 9.59 Å². The SMILES string of the molecule is CCCNC(=O)C1=CC2=NC(=S)N(CCC)C(=O)C2C=C1. The number of rotatable bonds is 5. The molecular formula is C15H19N3O2S. The predicted molar refractivity (Wildman–Crippen MR) is 86.1 cm³/mol. The quantitative estimate of drug-likeness (QED) is 0.785. The third kappa shape index (κ3) is 3.26. The molecule has 0 aromatic rings. The second-order valence-electron chi connectivity index (χ2n) is 5.00. The Morgan fingerprint density at radius 1 is 1.43 bits per heavy atom. The maximum Gasteiger partial charge on any atom is 0.251 e. The second kappa shape index (κ2) is 6.76. The van der Waals surface area contributed by atoms with Crippen LogP contribution >= 0.6 is 12.2 Å². The first kappa shape index (κ1) is 15.6. The molecular weight excluding hydrogens is 286 g/mol. The lowest BCUT2D eigenvalue weighted by Gasteiger charge is -2.30. The van der Waals surface area contributed by atoms with E-state index < -0.39 is 5.92 Å². The Bertz CT molecular complexity index is 563. The Balaban J connectivity index is 2.21. The van der Waals surface area contributed by atoms with Crippen LogP contribution in [0.4, 0.5) is 0 Å². The van der Waals surface area contributed by atoms with Crippen molar-refractivity contribution in [3.8, 4) is 0 Å². The molecule has 1 aliphatic heterocycles. The number of hydrogen-bond donors (Lipinski definition) is 1. The van der Waals surface area contributed by atoms with Gasteiger partial charge in [0.15, 0.2) is 0 Å². The van der Waals surface area contributed by atoms with E-state index in [0.717, 1.165) is 12.8 Å². The van der Waals surface area contributed by atoms with Crippen molar-refractivity contribution < 1.29 is 9.59 Å². The minimum absolute atomic E-state index is 0.0626. The van der Waals surface area contributed by atoms with Gasteiger partial charge in [0.2, 0.25) is 11.0 Å². The molecule has 112 valence electrons. The maximum absolute atomic E-state index is 12.4. The number of allylic oxidation sites excluding steroid dienone is 1. The van der Waals surface area contributed by atoms with Gasteiger partial charge in [-0.05, 0) is 31.1 Å². The molecule has 0 aromatic heterocycles. The van der Waals surface area contributed by atoms with E-state index in [1.807, 2.05) is 13.8 Å². The fourth-order valence-corrected chi connectivity index (χ4v) is 2.54. The van der Waals surface area contributed by atoms with Gasteiger partial charge >= 0.3 is 0 Å². The molecule has 6 heteroatoms. The van der Waals surface area contributed by atoms with Crippen LogP contribution < -0.4 is 5.32 Å². The largest absolute Gasteiger partial charge is 0.352 e. The number of fused-ring (bicyclic) bond motifs is 1. The molecule has 5 nitrogen and oxygen atoms in total. The molecule has 1 N–H and O–H groups in total. The molecule has 0 saturated heterocycles. The van der Waals surface area contributed by atoms with Crippen molar-refractivity contribution in [2.75, 3.05) is 13.1 Å². The monoisotopic (exact) mass is 305 g/mol. The van der Waals surface area contributed by atoms with Gasteiger partial charge < -0.3 is 5.32 Å². The average molecular weight is 305 g/mol. The molecule has 2 amide bonds. The van der Waals surface area contributed by atoms with Crippen LogP contribution in [0.1, 0.15) is 26.7 Å². The first-order valence-electron chi connectivity index (χ1n) is 7.20. The summed E-state index contributed by atoms with van der Waals surface area (Å²) >= 11 is 5.18.